The Morgan fingerprint density at radius 2 is 1.84 bits per heavy atom. The van der Waals surface area contributed by atoms with Crippen LogP contribution in [0, 0.1) is 34.0 Å². The molecule has 0 aliphatic heterocycles. The summed E-state index contributed by atoms with van der Waals surface area (Å²) in [7, 11) is 0. The first-order valence-corrected chi connectivity index (χ1v) is 7.15. The van der Waals surface area contributed by atoms with Crippen molar-refractivity contribution in [1.82, 2.24) is 9.97 Å². The smallest absolute Gasteiger partial charge is 0.163 e. The summed E-state index contributed by atoms with van der Waals surface area (Å²) in [6.07, 6.45) is 0. The number of allylic oxidation sites excluding steroid dienone is 2. The maximum Gasteiger partial charge on any atom is 0.163 e. The van der Waals surface area contributed by atoms with Crippen LogP contribution in [0.4, 0.5) is 5.69 Å². The number of hydrogen-bond donors (Lipinski definition) is 3. The maximum absolute atomic E-state index is 9.58. The van der Waals surface area contributed by atoms with Gasteiger partial charge in [0.05, 0.1) is 11.0 Å². The predicted molar refractivity (Wildman–Crippen MR) is 90.7 cm³/mol. The topological polar surface area (TPSA) is 132 Å². The van der Waals surface area contributed by atoms with Gasteiger partial charge in [-0.15, -0.1) is 0 Å². The van der Waals surface area contributed by atoms with E-state index < -0.39 is 0 Å². The number of anilines is 1. The minimum Gasteiger partial charge on any atom is -0.508 e. The van der Waals surface area contributed by atoms with Gasteiger partial charge in [-0.25, -0.2) is 4.98 Å². The lowest BCUT2D eigenvalue weighted by atomic mass is 10.2. The number of imidazole rings is 1. The molecule has 0 aliphatic rings. The first-order valence-electron chi connectivity index (χ1n) is 7.15. The molecule has 0 bridgehead atoms. The summed E-state index contributed by atoms with van der Waals surface area (Å²) in [6, 6.07) is 17.0. The number of nitriles is 3. The zero-order valence-electron chi connectivity index (χ0n) is 12.8. The minimum atomic E-state index is -0.285. The first-order chi connectivity index (χ1) is 12.1. The molecule has 118 valence electrons. The summed E-state index contributed by atoms with van der Waals surface area (Å²) in [5.74, 6) is 0.735. The van der Waals surface area contributed by atoms with Crippen molar-refractivity contribution in [2.24, 2.45) is 0 Å². The molecule has 7 heteroatoms. The van der Waals surface area contributed by atoms with Crippen molar-refractivity contribution in [3.8, 4) is 35.3 Å². The van der Waals surface area contributed by atoms with Crippen molar-refractivity contribution in [1.29, 1.82) is 15.8 Å². The number of aromatic amines is 1. The number of phenols is 1. The summed E-state index contributed by atoms with van der Waals surface area (Å²) >= 11 is 0. The molecule has 3 rings (SSSR count). The van der Waals surface area contributed by atoms with Gasteiger partial charge in [-0.1, -0.05) is 12.1 Å². The quantitative estimate of drug-likeness (QED) is 0.633. The van der Waals surface area contributed by atoms with Crippen molar-refractivity contribution >= 4 is 16.7 Å². The lowest BCUT2D eigenvalue weighted by molar-refractivity contribution is 0.475. The Kier molecular flexibility index (Phi) is 4.03. The molecule has 25 heavy (non-hydrogen) atoms. The molecule has 0 spiro atoms. The van der Waals surface area contributed by atoms with Gasteiger partial charge in [-0.3, -0.25) is 0 Å². The standard InChI is InChI=1S/C18H10N6O/c19-8-12(9-20)17(10-21)22-13-4-5-15-16(7-13)24-18(23-15)11-2-1-3-14(25)6-11/h1-7,22,25H,(H,23,24). The fourth-order valence-corrected chi connectivity index (χ4v) is 2.30. The largest absolute Gasteiger partial charge is 0.508 e. The van der Waals surface area contributed by atoms with Crippen LogP contribution >= 0.6 is 0 Å². The van der Waals surface area contributed by atoms with E-state index in [4.69, 9.17) is 15.8 Å². The Labute approximate surface area is 142 Å². The normalized spacial score (nSPS) is 9.64. The Morgan fingerprint density at radius 1 is 1.04 bits per heavy atom. The average molecular weight is 326 g/mol. The van der Waals surface area contributed by atoms with Gasteiger partial charge < -0.3 is 15.4 Å². The highest BCUT2D eigenvalue weighted by Gasteiger charge is 2.09. The summed E-state index contributed by atoms with van der Waals surface area (Å²) in [5, 5.41) is 39.2. The highest BCUT2D eigenvalue weighted by atomic mass is 16.3. The van der Waals surface area contributed by atoms with E-state index in [0.29, 0.717) is 22.5 Å². The molecule has 0 saturated carbocycles. The van der Waals surface area contributed by atoms with Gasteiger partial charge in [0, 0.05) is 11.3 Å². The monoisotopic (exact) mass is 326 g/mol. The number of hydrogen-bond acceptors (Lipinski definition) is 6. The number of aromatic hydroxyl groups is 1. The van der Waals surface area contributed by atoms with Crippen LogP contribution in [-0.4, -0.2) is 15.1 Å². The van der Waals surface area contributed by atoms with E-state index in [-0.39, 0.29) is 17.0 Å². The number of phenolic OH excluding ortho intramolecular Hbond substituents is 1. The number of rotatable bonds is 3. The second-order valence-corrected chi connectivity index (χ2v) is 5.08. The SMILES string of the molecule is N#CC(C#N)=C(C#N)Nc1ccc2nc(-c3cccc(O)c3)[nH]c2c1. The van der Waals surface area contributed by atoms with Crippen LogP contribution in [0.3, 0.4) is 0 Å². The van der Waals surface area contributed by atoms with Crippen molar-refractivity contribution in [3.63, 3.8) is 0 Å². The van der Waals surface area contributed by atoms with Crippen LogP contribution in [-0.2, 0) is 0 Å². The molecule has 0 aliphatic carbocycles. The van der Waals surface area contributed by atoms with Crippen LogP contribution < -0.4 is 5.32 Å². The van der Waals surface area contributed by atoms with Crippen LogP contribution in [0.1, 0.15) is 0 Å². The molecule has 1 aromatic heterocycles. The Balaban J connectivity index is 1.99. The lowest BCUT2D eigenvalue weighted by Gasteiger charge is -2.03. The van der Waals surface area contributed by atoms with Gasteiger partial charge >= 0.3 is 0 Å². The van der Waals surface area contributed by atoms with Gasteiger partial charge in [0.2, 0.25) is 0 Å². The predicted octanol–water partition coefficient (Wildman–Crippen LogP) is 3.17. The minimum absolute atomic E-state index is 0.114. The molecule has 0 unspecified atom stereocenters. The van der Waals surface area contributed by atoms with Crippen LogP contribution in [0.15, 0.2) is 53.7 Å². The number of fused-ring (bicyclic) bond motifs is 1. The van der Waals surface area contributed by atoms with Gasteiger partial charge in [-0.2, -0.15) is 15.8 Å². The van der Waals surface area contributed by atoms with Crippen molar-refractivity contribution in [2.75, 3.05) is 5.32 Å². The second-order valence-electron chi connectivity index (χ2n) is 5.08. The molecular formula is C18H10N6O. The van der Waals surface area contributed by atoms with E-state index in [9.17, 15) is 5.11 Å². The van der Waals surface area contributed by atoms with E-state index in [1.165, 1.54) is 0 Å². The van der Waals surface area contributed by atoms with Crippen molar-refractivity contribution < 1.29 is 5.11 Å². The Hall–Kier alpha value is -4.28. The summed E-state index contributed by atoms with van der Waals surface area (Å²) in [6.45, 7) is 0. The second kappa shape index (κ2) is 6.45. The molecular weight excluding hydrogens is 316 g/mol. The third-order valence-electron chi connectivity index (χ3n) is 3.46. The molecule has 0 saturated heterocycles. The third kappa shape index (κ3) is 3.10. The Morgan fingerprint density at radius 3 is 2.52 bits per heavy atom. The van der Waals surface area contributed by atoms with Crippen LogP contribution in [0.25, 0.3) is 22.4 Å². The highest BCUT2D eigenvalue weighted by molar-refractivity contribution is 5.83. The zero-order valence-corrected chi connectivity index (χ0v) is 12.8. The molecule has 0 atom stereocenters. The fraction of sp³-hybridized carbons (Fsp3) is 0. The molecule has 3 N–H and O–H groups in total. The molecule has 7 nitrogen and oxygen atoms in total. The number of benzene rings is 2. The zero-order chi connectivity index (χ0) is 17.8. The first kappa shape index (κ1) is 15.6. The van der Waals surface area contributed by atoms with Crippen molar-refractivity contribution in [2.45, 2.75) is 0 Å². The molecule has 0 radical (unpaired) electrons. The van der Waals surface area contributed by atoms with Gasteiger partial charge in [0.1, 0.15) is 35.5 Å². The van der Waals surface area contributed by atoms with Crippen LogP contribution in [0.5, 0.6) is 5.75 Å². The maximum atomic E-state index is 9.58. The number of H-pyrrole nitrogens is 1. The lowest BCUT2D eigenvalue weighted by Crippen LogP contribution is -2.00. The molecule has 3 aromatic rings. The summed E-state index contributed by atoms with van der Waals surface area (Å²) in [4.78, 5) is 7.59. The van der Waals surface area contributed by atoms with Gasteiger partial charge in [-0.05, 0) is 30.3 Å². The number of nitrogens with one attached hydrogen (secondary N) is 2. The summed E-state index contributed by atoms with van der Waals surface area (Å²) < 4.78 is 0. The average Bonchev–Trinajstić information content (AvgIpc) is 3.05. The third-order valence-corrected chi connectivity index (χ3v) is 3.46. The van der Waals surface area contributed by atoms with Gasteiger partial charge in [0.25, 0.3) is 0 Å². The number of aromatic nitrogens is 2. The molecule has 0 amide bonds. The Bertz CT molecular complexity index is 1100. The van der Waals surface area contributed by atoms with E-state index >= 15 is 0 Å². The molecule has 1 heterocycles. The highest BCUT2D eigenvalue weighted by Crippen LogP contribution is 2.25. The molecule has 0 fully saturated rings. The van der Waals surface area contributed by atoms with E-state index in [2.05, 4.69) is 15.3 Å². The van der Waals surface area contributed by atoms with Crippen molar-refractivity contribution in [3.05, 3.63) is 53.7 Å². The molecule has 2 aromatic carbocycles. The fourth-order valence-electron chi connectivity index (χ4n) is 2.30. The van der Waals surface area contributed by atoms with E-state index in [1.54, 1.807) is 48.5 Å². The van der Waals surface area contributed by atoms with Gasteiger partial charge in [0.15, 0.2) is 5.57 Å². The van der Waals surface area contributed by atoms with E-state index in [0.717, 1.165) is 5.56 Å². The van der Waals surface area contributed by atoms with E-state index in [1.807, 2.05) is 12.1 Å². The van der Waals surface area contributed by atoms with Crippen LogP contribution in [0.2, 0.25) is 0 Å². The summed E-state index contributed by atoms with van der Waals surface area (Å²) in [5.41, 5.74) is 2.28. The number of nitrogens with zero attached hydrogens (tertiary/aromatic N) is 4.